The Morgan fingerprint density at radius 2 is 2.03 bits per heavy atom. The first-order chi connectivity index (χ1) is 16.0. The molecule has 1 aliphatic heterocycles. The highest BCUT2D eigenvalue weighted by Gasteiger charge is 2.24. The van der Waals surface area contributed by atoms with Gasteiger partial charge in [0.05, 0.1) is 18.1 Å². The average molecular weight is 468 g/mol. The van der Waals surface area contributed by atoms with Crippen LogP contribution >= 0.6 is 11.3 Å². The quantitative estimate of drug-likeness (QED) is 0.481. The van der Waals surface area contributed by atoms with E-state index in [2.05, 4.69) is 35.9 Å². The zero-order chi connectivity index (χ0) is 23.2. The van der Waals surface area contributed by atoms with Crippen LogP contribution in [0.15, 0.2) is 42.6 Å². The van der Waals surface area contributed by atoms with Gasteiger partial charge in [0.2, 0.25) is 16.2 Å². The first-order valence-corrected chi connectivity index (χ1v) is 11.5. The number of ether oxygens (including phenoxy) is 1. The molecule has 0 saturated carbocycles. The molecule has 1 fully saturated rings. The molecule has 0 bridgehead atoms. The highest BCUT2D eigenvalue weighted by molar-refractivity contribution is 7.19. The summed E-state index contributed by atoms with van der Waals surface area (Å²) in [6.07, 6.45) is 2.50. The maximum atomic E-state index is 12.5. The van der Waals surface area contributed by atoms with E-state index in [1.807, 2.05) is 12.1 Å². The van der Waals surface area contributed by atoms with Crippen molar-refractivity contribution in [3.8, 4) is 0 Å². The minimum atomic E-state index is -0.406. The SMILES string of the molecule is CC(C)OC(=O)c1cccc(CC(=O)Nc2nnc(N[C@@H]3CCN(c4cccnn4)C3)s2)c1. The lowest BCUT2D eigenvalue weighted by Crippen LogP contribution is -2.26. The van der Waals surface area contributed by atoms with Crippen molar-refractivity contribution >= 4 is 39.3 Å². The van der Waals surface area contributed by atoms with E-state index in [0.29, 0.717) is 21.4 Å². The second-order valence-corrected chi connectivity index (χ2v) is 8.93. The molecular weight excluding hydrogens is 442 g/mol. The summed E-state index contributed by atoms with van der Waals surface area (Å²) in [4.78, 5) is 26.7. The van der Waals surface area contributed by atoms with E-state index in [1.165, 1.54) is 11.3 Å². The number of amides is 1. The summed E-state index contributed by atoms with van der Waals surface area (Å²) in [7, 11) is 0. The fourth-order valence-electron chi connectivity index (χ4n) is 3.49. The molecule has 0 spiro atoms. The van der Waals surface area contributed by atoms with E-state index < -0.39 is 5.97 Å². The van der Waals surface area contributed by atoms with Crippen molar-refractivity contribution in [2.45, 2.75) is 38.8 Å². The molecule has 33 heavy (non-hydrogen) atoms. The number of anilines is 3. The molecule has 172 valence electrons. The maximum Gasteiger partial charge on any atom is 0.338 e. The van der Waals surface area contributed by atoms with Gasteiger partial charge in [0.1, 0.15) is 0 Å². The molecule has 0 aliphatic carbocycles. The number of rotatable bonds is 8. The number of aromatic nitrogens is 4. The summed E-state index contributed by atoms with van der Waals surface area (Å²) in [5, 5.41) is 23.5. The number of carbonyl (C=O) groups is 2. The average Bonchev–Trinajstić information content (AvgIpc) is 3.44. The fraction of sp³-hybridized carbons (Fsp3) is 0.364. The molecule has 1 atom stereocenters. The van der Waals surface area contributed by atoms with Gasteiger partial charge in [-0.1, -0.05) is 23.5 Å². The Kier molecular flexibility index (Phi) is 7.08. The highest BCUT2D eigenvalue weighted by Crippen LogP contribution is 2.24. The lowest BCUT2D eigenvalue weighted by Gasteiger charge is -2.16. The molecule has 3 heterocycles. The van der Waals surface area contributed by atoms with E-state index in [-0.39, 0.29) is 24.5 Å². The van der Waals surface area contributed by atoms with Crippen molar-refractivity contribution < 1.29 is 14.3 Å². The van der Waals surface area contributed by atoms with Gasteiger partial charge < -0.3 is 20.3 Å². The van der Waals surface area contributed by atoms with Gasteiger partial charge in [-0.2, -0.15) is 5.10 Å². The summed E-state index contributed by atoms with van der Waals surface area (Å²) in [5.74, 6) is 0.215. The molecule has 1 aromatic carbocycles. The molecule has 0 radical (unpaired) electrons. The minimum absolute atomic E-state index is 0.112. The predicted molar refractivity (Wildman–Crippen MR) is 126 cm³/mol. The van der Waals surface area contributed by atoms with Crippen molar-refractivity contribution in [1.82, 2.24) is 20.4 Å². The summed E-state index contributed by atoms with van der Waals surface area (Å²) in [6.45, 7) is 5.25. The van der Waals surface area contributed by atoms with Gasteiger partial charge >= 0.3 is 5.97 Å². The third kappa shape index (κ3) is 6.22. The first-order valence-electron chi connectivity index (χ1n) is 10.7. The van der Waals surface area contributed by atoms with E-state index >= 15 is 0 Å². The molecule has 11 heteroatoms. The second kappa shape index (κ2) is 10.3. The molecule has 3 aromatic rings. The molecule has 2 N–H and O–H groups in total. The Morgan fingerprint density at radius 3 is 2.82 bits per heavy atom. The van der Waals surface area contributed by atoms with Crippen LogP contribution in [0.5, 0.6) is 0 Å². The highest BCUT2D eigenvalue weighted by atomic mass is 32.1. The molecule has 0 unspecified atom stereocenters. The van der Waals surface area contributed by atoms with E-state index in [0.717, 1.165) is 25.3 Å². The number of carbonyl (C=O) groups excluding carboxylic acids is 2. The monoisotopic (exact) mass is 467 g/mol. The molecule has 1 amide bonds. The number of esters is 1. The van der Waals surface area contributed by atoms with Crippen LogP contribution in [-0.2, 0) is 16.0 Å². The molecule has 2 aromatic heterocycles. The van der Waals surface area contributed by atoms with Gasteiger partial charge in [-0.05, 0) is 50.1 Å². The van der Waals surface area contributed by atoms with E-state index in [4.69, 9.17) is 4.74 Å². The van der Waals surface area contributed by atoms with Crippen LogP contribution in [-0.4, -0.2) is 57.5 Å². The first kappa shape index (κ1) is 22.6. The van der Waals surface area contributed by atoms with Crippen molar-refractivity contribution in [3.63, 3.8) is 0 Å². The Labute approximate surface area is 195 Å². The van der Waals surface area contributed by atoms with Crippen molar-refractivity contribution in [2.75, 3.05) is 28.6 Å². The predicted octanol–water partition coefficient (Wildman–Crippen LogP) is 2.77. The number of nitrogens with one attached hydrogen (secondary N) is 2. The number of hydrogen-bond donors (Lipinski definition) is 2. The van der Waals surface area contributed by atoms with Gasteiger partial charge in [0.15, 0.2) is 5.82 Å². The Balaban J connectivity index is 1.28. The van der Waals surface area contributed by atoms with Crippen molar-refractivity contribution in [2.24, 2.45) is 0 Å². The van der Waals surface area contributed by atoms with Crippen LogP contribution in [0.1, 0.15) is 36.2 Å². The van der Waals surface area contributed by atoms with Crippen LogP contribution in [0.2, 0.25) is 0 Å². The smallest absolute Gasteiger partial charge is 0.338 e. The lowest BCUT2D eigenvalue weighted by atomic mass is 10.1. The Hall–Kier alpha value is -3.60. The van der Waals surface area contributed by atoms with Crippen molar-refractivity contribution in [1.29, 1.82) is 0 Å². The third-order valence-electron chi connectivity index (χ3n) is 4.94. The van der Waals surface area contributed by atoms with Crippen LogP contribution < -0.4 is 15.5 Å². The van der Waals surface area contributed by atoms with Crippen LogP contribution in [0, 0.1) is 0 Å². The van der Waals surface area contributed by atoms with Gasteiger partial charge in [-0.3, -0.25) is 4.79 Å². The topological polar surface area (TPSA) is 122 Å². The largest absolute Gasteiger partial charge is 0.459 e. The Morgan fingerprint density at radius 1 is 1.18 bits per heavy atom. The molecule has 1 aliphatic rings. The van der Waals surface area contributed by atoms with Gasteiger partial charge in [-0.15, -0.1) is 15.3 Å². The standard InChI is InChI=1S/C22H25N7O3S/c1-14(2)32-20(31)16-6-3-5-15(11-16)12-19(30)25-22-28-27-21(33-22)24-17-8-10-29(13-17)18-7-4-9-23-26-18/h3-7,9,11,14,17H,8,10,12-13H2,1-2H3,(H,24,27)(H,25,28,30)/t17-/m1/s1. The van der Waals surface area contributed by atoms with Crippen LogP contribution in [0.25, 0.3) is 0 Å². The van der Waals surface area contributed by atoms with Crippen molar-refractivity contribution in [3.05, 3.63) is 53.7 Å². The third-order valence-corrected chi connectivity index (χ3v) is 5.71. The zero-order valence-electron chi connectivity index (χ0n) is 18.4. The van der Waals surface area contributed by atoms with Gasteiger partial charge in [-0.25, -0.2) is 4.79 Å². The number of benzene rings is 1. The summed E-state index contributed by atoms with van der Waals surface area (Å²) in [5.41, 5.74) is 1.13. The minimum Gasteiger partial charge on any atom is -0.459 e. The molecular formula is C22H25N7O3S. The van der Waals surface area contributed by atoms with Gasteiger partial charge in [0, 0.05) is 25.3 Å². The second-order valence-electron chi connectivity index (χ2n) is 7.95. The zero-order valence-corrected chi connectivity index (χ0v) is 19.2. The summed E-state index contributed by atoms with van der Waals surface area (Å²) < 4.78 is 5.21. The summed E-state index contributed by atoms with van der Waals surface area (Å²) >= 11 is 1.28. The fourth-order valence-corrected chi connectivity index (χ4v) is 4.23. The van der Waals surface area contributed by atoms with E-state index in [9.17, 15) is 9.59 Å². The van der Waals surface area contributed by atoms with Gasteiger partial charge in [0.25, 0.3) is 0 Å². The van der Waals surface area contributed by atoms with Crippen LogP contribution in [0.4, 0.5) is 16.1 Å². The molecule has 1 saturated heterocycles. The number of nitrogens with zero attached hydrogens (tertiary/aromatic N) is 5. The molecule has 10 nitrogen and oxygen atoms in total. The maximum absolute atomic E-state index is 12.5. The lowest BCUT2D eigenvalue weighted by molar-refractivity contribution is -0.115. The van der Waals surface area contributed by atoms with E-state index in [1.54, 1.807) is 44.3 Å². The van der Waals surface area contributed by atoms with Crippen LogP contribution in [0.3, 0.4) is 0 Å². The summed E-state index contributed by atoms with van der Waals surface area (Å²) in [6, 6.07) is 10.9. The number of hydrogen-bond acceptors (Lipinski definition) is 10. The Bertz CT molecular complexity index is 1110. The molecule has 4 rings (SSSR count). The normalized spacial score (nSPS) is 15.5.